The van der Waals surface area contributed by atoms with Crippen LogP contribution in [0, 0.1) is 0 Å². The van der Waals surface area contributed by atoms with Gasteiger partial charge in [0.25, 0.3) is 0 Å². The number of hydrogen-bond acceptors (Lipinski definition) is 6. The molecule has 0 bridgehead atoms. The summed E-state index contributed by atoms with van der Waals surface area (Å²) in [6.07, 6.45) is 0.977. The second-order valence-corrected chi connectivity index (χ2v) is 5.56. The Labute approximate surface area is 131 Å². The monoisotopic (exact) mass is 303 g/mol. The van der Waals surface area contributed by atoms with E-state index in [4.69, 9.17) is 5.73 Å². The summed E-state index contributed by atoms with van der Waals surface area (Å²) >= 11 is 0. The van der Waals surface area contributed by atoms with E-state index >= 15 is 0 Å². The summed E-state index contributed by atoms with van der Waals surface area (Å²) in [5.41, 5.74) is 8.00. The minimum atomic E-state index is 0.292. The van der Waals surface area contributed by atoms with Gasteiger partial charge in [0.05, 0.1) is 0 Å². The number of hydrogen-bond donors (Lipinski definition) is 3. The van der Waals surface area contributed by atoms with E-state index in [2.05, 4.69) is 64.0 Å². The van der Waals surface area contributed by atoms with E-state index in [1.165, 1.54) is 5.56 Å². The van der Waals surface area contributed by atoms with Gasteiger partial charge in [-0.1, -0.05) is 12.1 Å². The van der Waals surface area contributed by atoms with Gasteiger partial charge in [-0.15, -0.1) is 5.10 Å². The zero-order valence-electron chi connectivity index (χ0n) is 13.5. The molecular weight excluding hydrogens is 278 g/mol. The molecule has 0 radical (unpaired) electrons. The maximum Gasteiger partial charge on any atom is 0.241 e. The molecule has 0 amide bonds. The number of anilines is 3. The Kier molecular flexibility index (Phi) is 5.60. The van der Waals surface area contributed by atoms with Gasteiger partial charge in [0.2, 0.25) is 11.9 Å². The molecule has 1 heterocycles. The topological polar surface area (TPSA) is 84.0 Å². The molecule has 0 aliphatic carbocycles. The molecule has 0 fully saturated rings. The van der Waals surface area contributed by atoms with Crippen molar-refractivity contribution in [3.05, 3.63) is 29.8 Å². The highest BCUT2D eigenvalue weighted by Crippen LogP contribution is 2.12. The van der Waals surface area contributed by atoms with Gasteiger partial charge in [-0.25, -0.2) is 4.68 Å². The Hall–Kier alpha value is -2.28. The zero-order valence-corrected chi connectivity index (χ0v) is 13.5. The molecular formula is C15H25N7. The predicted molar refractivity (Wildman–Crippen MR) is 90.8 cm³/mol. The highest BCUT2D eigenvalue weighted by Gasteiger charge is 2.02. The van der Waals surface area contributed by atoms with Crippen LogP contribution < -0.4 is 16.4 Å². The summed E-state index contributed by atoms with van der Waals surface area (Å²) in [6.45, 7) is 2.66. The van der Waals surface area contributed by atoms with Crippen molar-refractivity contribution in [2.75, 3.05) is 43.6 Å². The Morgan fingerprint density at radius 3 is 2.68 bits per heavy atom. The molecule has 22 heavy (non-hydrogen) atoms. The maximum absolute atomic E-state index is 5.54. The van der Waals surface area contributed by atoms with Gasteiger partial charge in [0.1, 0.15) is 0 Å². The second kappa shape index (κ2) is 7.65. The first kappa shape index (κ1) is 16.1. The zero-order chi connectivity index (χ0) is 15.9. The van der Waals surface area contributed by atoms with Crippen LogP contribution in [-0.4, -0.2) is 46.8 Å². The van der Waals surface area contributed by atoms with Gasteiger partial charge in [-0.05, 0) is 38.2 Å². The molecule has 0 aliphatic rings. The third-order valence-corrected chi connectivity index (χ3v) is 3.17. The summed E-state index contributed by atoms with van der Waals surface area (Å²) in [6, 6.07) is 8.51. The van der Waals surface area contributed by atoms with E-state index in [9.17, 15) is 0 Å². The van der Waals surface area contributed by atoms with Gasteiger partial charge >= 0.3 is 0 Å². The summed E-state index contributed by atoms with van der Waals surface area (Å²) in [5.74, 6) is 0.992. The molecule has 1 aromatic heterocycles. The highest BCUT2D eigenvalue weighted by atomic mass is 15.4. The summed E-state index contributed by atoms with van der Waals surface area (Å²) in [4.78, 5) is 6.26. The number of aromatic nitrogens is 3. The van der Waals surface area contributed by atoms with Gasteiger partial charge in [-0.2, -0.15) is 4.98 Å². The number of aryl methyl sites for hydroxylation is 1. The quantitative estimate of drug-likeness (QED) is 0.639. The molecule has 2 rings (SSSR count). The number of nitrogen functional groups attached to an aromatic ring is 1. The lowest BCUT2D eigenvalue weighted by Crippen LogP contribution is -2.12. The van der Waals surface area contributed by atoms with E-state index in [0.717, 1.165) is 31.7 Å². The van der Waals surface area contributed by atoms with Crippen LogP contribution in [0.15, 0.2) is 24.3 Å². The summed E-state index contributed by atoms with van der Waals surface area (Å²) in [5, 5.41) is 10.7. The van der Waals surface area contributed by atoms with Crippen LogP contribution in [-0.2, 0) is 13.6 Å². The lowest BCUT2D eigenvalue weighted by Gasteiger charge is -2.12. The van der Waals surface area contributed by atoms with Crippen molar-refractivity contribution in [2.24, 2.45) is 7.05 Å². The first-order valence-corrected chi connectivity index (χ1v) is 7.42. The van der Waals surface area contributed by atoms with Crippen LogP contribution in [0.1, 0.15) is 12.0 Å². The average molecular weight is 303 g/mol. The molecule has 0 aliphatic heterocycles. The average Bonchev–Trinajstić information content (AvgIpc) is 2.76. The minimum Gasteiger partial charge on any atom is -0.385 e. The van der Waals surface area contributed by atoms with E-state index in [0.29, 0.717) is 11.9 Å². The van der Waals surface area contributed by atoms with Crippen molar-refractivity contribution in [2.45, 2.75) is 13.0 Å². The fourth-order valence-electron chi connectivity index (χ4n) is 2.22. The fraction of sp³-hybridized carbons (Fsp3) is 0.467. The molecule has 120 valence electrons. The SMILES string of the molecule is CN(C)Cc1cccc(NCCCNc2nc(N)nn2C)c1. The second-order valence-electron chi connectivity index (χ2n) is 5.56. The first-order valence-electron chi connectivity index (χ1n) is 7.42. The highest BCUT2D eigenvalue weighted by molar-refractivity contribution is 5.45. The van der Waals surface area contributed by atoms with Crippen molar-refractivity contribution in [1.29, 1.82) is 0 Å². The normalized spacial score (nSPS) is 10.9. The van der Waals surface area contributed by atoms with Crippen LogP contribution in [0.2, 0.25) is 0 Å². The smallest absolute Gasteiger partial charge is 0.241 e. The number of nitrogens with two attached hydrogens (primary N) is 1. The Morgan fingerprint density at radius 2 is 2.00 bits per heavy atom. The first-order chi connectivity index (χ1) is 10.5. The van der Waals surface area contributed by atoms with Gasteiger partial charge < -0.3 is 21.3 Å². The van der Waals surface area contributed by atoms with Gasteiger partial charge in [-0.3, -0.25) is 0 Å². The summed E-state index contributed by atoms with van der Waals surface area (Å²) in [7, 11) is 5.97. The molecule has 0 spiro atoms. The van der Waals surface area contributed by atoms with Crippen LogP contribution >= 0.6 is 0 Å². The van der Waals surface area contributed by atoms with Gasteiger partial charge in [0.15, 0.2) is 0 Å². The van der Waals surface area contributed by atoms with Crippen LogP contribution in [0.5, 0.6) is 0 Å². The number of nitrogens with one attached hydrogen (secondary N) is 2. The number of benzene rings is 1. The van der Waals surface area contributed by atoms with E-state index in [1.807, 2.05) is 7.05 Å². The molecule has 7 heteroatoms. The molecule has 2 aromatic rings. The number of nitrogens with zero attached hydrogens (tertiary/aromatic N) is 4. The van der Waals surface area contributed by atoms with Crippen LogP contribution in [0.4, 0.5) is 17.6 Å². The Bertz CT molecular complexity index is 591. The molecule has 4 N–H and O–H groups in total. The lowest BCUT2D eigenvalue weighted by molar-refractivity contribution is 0.402. The minimum absolute atomic E-state index is 0.292. The van der Waals surface area contributed by atoms with Crippen molar-refractivity contribution in [1.82, 2.24) is 19.7 Å². The molecule has 0 atom stereocenters. The Morgan fingerprint density at radius 1 is 1.23 bits per heavy atom. The van der Waals surface area contributed by atoms with E-state index < -0.39 is 0 Å². The van der Waals surface area contributed by atoms with E-state index in [1.54, 1.807) is 4.68 Å². The molecule has 0 saturated carbocycles. The third-order valence-electron chi connectivity index (χ3n) is 3.17. The third kappa shape index (κ3) is 4.92. The van der Waals surface area contributed by atoms with E-state index in [-0.39, 0.29) is 0 Å². The van der Waals surface area contributed by atoms with Crippen molar-refractivity contribution in [3.63, 3.8) is 0 Å². The molecule has 0 unspecified atom stereocenters. The van der Waals surface area contributed by atoms with Crippen LogP contribution in [0.3, 0.4) is 0 Å². The largest absolute Gasteiger partial charge is 0.385 e. The lowest BCUT2D eigenvalue weighted by atomic mass is 10.2. The fourth-order valence-corrected chi connectivity index (χ4v) is 2.22. The Balaban J connectivity index is 1.71. The molecule has 0 saturated heterocycles. The van der Waals surface area contributed by atoms with Gasteiger partial charge in [0, 0.05) is 32.4 Å². The summed E-state index contributed by atoms with van der Waals surface area (Å²) < 4.78 is 1.65. The predicted octanol–water partition coefficient (Wildman–Crippen LogP) is 1.37. The van der Waals surface area contributed by atoms with Crippen LogP contribution in [0.25, 0.3) is 0 Å². The van der Waals surface area contributed by atoms with Crippen molar-refractivity contribution in [3.8, 4) is 0 Å². The molecule has 1 aromatic carbocycles. The van der Waals surface area contributed by atoms with Crippen molar-refractivity contribution < 1.29 is 0 Å². The maximum atomic E-state index is 5.54. The standard InChI is InChI=1S/C15H25N7/c1-21(2)11-12-6-4-7-13(10-12)17-8-5-9-18-15-19-14(16)20-22(15)3/h4,6-7,10,17H,5,8-9,11H2,1-3H3,(H3,16,18,19,20). The molecule has 7 nitrogen and oxygen atoms in total. The van der Waals surface area contributed by atoms with Crippen molar-refractivity contribution >= 4 is 17.6 Å². The number of rotatable bonds is 8.